The van der Waals surface area contributed by atoms with Gasteiger partial charge in [0.15, 0.2) is 0 Å². The number of aryl methyl sites for hydroxylation is 1. The summed E-state index contributed by atoms with van der Waals surface area (Å²) in [7, 11) is 0. The third-order valence-corrected chi connectivity index (χ3v) is 10.9. The van der Waals surface area contributed by atoms with Crippen molar-refractivity contribution in [3.05, 3.63) is 199 Å². The number of anilines is 3. The van der Waals surface area contributed by atoms with E-state index in [1.165, 1.54) is 71.3 Å². The molecule has 1 aliphatic rings. The lowest BCUT2D eigenvalue weighted by atomic mass is 9.80. The molecule has 9 aromatic rings. The number of allylic oxidation sites excluding steroid dienone is 4. The van der Waals surface area contributed by atoms with Crippen molar-refractivity contribution in [2.24, 2.45) is 0 Å². The maximum absolute atomic E-state index is 5.06. The second-order valence-electron chi connectivity index (χ2n) is 14.3. The van der Waals surface area contributed by atoms with E-state index in [0.717, 1.165) is 40.8 Å². The first kappa shape index (κ1) is 31.9. The van der Waals surface area contributed by atoms with Crippen LogP contribution >= 0.6 is 0 Å². The number of hydrogen-bond acceptors (Lipinski definition) is 2. The summed E-state index contributed by atoms with van der Waals surface area (Å²) in [5, 5.41) is 9.78. The van der Waals surface area contributed by atoms with Crippen molar-refractivity contribution in [1.82, 2.24) is 4.98 Å². The maximum Gasteiger partial charge on any atom is 0.145 e. The first-order valence-corrected chi connectivity index (χ1v) is 18.9. The fraction of sp³-hybridized carbons (Fsp3) is 0.0577. The molecule has 0 aliphatic heterocycles. The van der Waals surface area contributed by atoms with Gasteiger partial charge in [-0.1, -0.05) is 146 Å². The van der Waals surface area contributed by atoms with Gasteiger partial charge in [-0.25, -0.2) is 4.98 Å². The lowest BCUT2D eigenvalue weighted by Crippen LogP contribution is -2.12. The first-order chi connectivity index (χ1) is 26.7. The zero-order valence-electron chi connectivity index (χ0n) is 30.2. The smallest absolute Gasteiger partial charge is 0.145 e. The Hall–Kier alpha value is -6.77. The minimum atomic E-state index is 0.915. The second kappa shape index (κ2) is 13.3. The molecule has 2 heteroatoms. The third kappa shape index (κ3) is 5.38. The molecule has 2 nitrogen and oxygen atoms in total. The molecule has 0 unspecified atom stereocenters. The highest BCUT2D eigenvalue weighted by atomic mass is 15.2. The van der Waals surface area contributed by atoms with E-state index in [9.17, 15) is 0 Å². The van der Waals surface area contributed by atoms with Crippen LogP contribution in [0.3, 0.4) is 0 Å². The highest BCUT2D eigenvalue weighted by Crippen LogP contribution is 2.49. The van der Waals surface area contributed by atoms with Crippen LogP contribution in [0.4, 0.5) is 17.2 Å². The minimum absolute atomic E-state index is 0.915. The minimum Gasteiger partial charge on any atom is -0.295 e. The molecule has 1 aromatic heterocycles. The fourth-order valence-corrected chi connectivity index (χ4v) is 8.51. The molecule has 0 radical (unpaired) electrons. The molecule has 0 amide bonds. The Labute approximate surface area is 316 Å². The predicted molar refractivity (Wildman–Crippen MR) is 231 cm³/mol. The molecule has 256 valence electrons. The van der Waals surface area contributed by atoms with Crippen molar-refractivity contribution >= 4 is 65.9 Å². The van der Waals surface area contributed by atoms with Gasteiger partial charge < -0.3 is 0 Å². The van der Waals surface area contributed by atoms with Gasteiger partial charge in [-0.2, -0.15) is 0 Å². The van der Waals surface area contributed by atoms with E-state index in [2.05, 4.69) is 194 Å². The van der Waals surface area contributed by atoms with Crippen LogP contribution in [0, 0.1) is 6.92 Å². The van der Waals surface area contributed by atoms with Crippen LogP contribution in [0.25, 0.3) is 70.9 Å². The Morgan fingerprint density at radius 2 is 1.20 bits per heavy atom. The summed E-state index contributed by atoms with van der Waals surface area (Å²) in [6, 6.07) is 59.8. The summed E-state index contributed by atoms with van der Waals surface area (Å²) < 4.78 is 0. The molecular weight excluding hydrogens is 653 g/mol. The zero-order valence-corrected chi connectivity index (χ0v) is 30.2. The summed E-state index contributed by atoms with van der Waals surface area (Å²) in [5.74, 6) is 0.915. The van der Waals surface area contributed by atoms with Gasteiger partial charge in [0.1, 0.15) is 5.82 Å². The summed E-state index contributed by atoms with van der Waals surface area (Å²) in [4.78, 5) is 7.39. The molecule has 1 heterocycles. The normalized spacial score (nSPS) is 12.8. The lowest BCUT2D eigenvalue weighted by Gasteiger charge is -2.27. The second-order valence-corrected chi connectivity index (χ2v) is 14.3. The topological polar surface area (TPSA) is 16.1 Å². The Morgan fingerprint density at radius 1 is 0.500 bits per heavy atom. The van der Waals surface area contributed by atoms with E-state index in [-0.39, 0.29) is 0 Å². The van der Waals surface area contributed by atoms with Crippen LogP contribution in [0.15, 0.2) is 188 Å². The van der Waals surface area contributed by atoms with Gasteiger partial charge >= 0.3 is 0 Å². The molecule has 54 heavy (non-hydrogen) atoms. The summed E-state index contributed by atoms with van der Waals surface area (Å²) in [5.41, 5.74) is 10.9. The van der Waals surface area contributed by atoms with E-state index in [0.29, 0.717) is 0 Å². The lowest BCUT2D eigenvalue weighted by molar-refractivity contribution is 1.04. The summed E-state index contributed by atoms with van der Waals surface area (Å²) in [6.45, 7) is 2.15. The van der Waals surface area contributed by atoms with E-state index in [4.69, 9.17) is 4.98 Å². The standard InChI is InChI=1S/C52H38N2/c1-35-16-15-24-40(32-35)54(52-42-25-12-11-21-38(42)30-31-53-52)41-28-29-45-48(33-41)43-26-13-14-27-44(43)50-47(37-19-7-3-8-20-37)34-46(36-17-5-2-6-18-36)49(51(45)50)39-22-9-4-10-23-39/h3-5,7-34H,2,6H2,1H3. The van der Waals surface area contributed by atoms with Gasteiger partial charge in [-0.05, 0) is 133 Å². The van der Waals surface area contributed by atoms with E-state index in [1.807, 2.05) is 6.20 Å². The molecule has 0 atom stereocenters. The molecule has 8 aromatic carbocycles. The SMILES string of the molecule is Cc1cccc(N(c2ccc3c(c2)c2ccccc2c2c(-c4ccccc4)cc(C4=CCCC=C4)c(-c4ccccc4)c32)c2nccc3ccccc23)c1. The van der Waals surface area contributed by atoms with Gasteiger partial charge in [0.2, 0.25) is 0 Å². The van der Waals surface area contributed by atoms with Gasteiger partial charge in [-0.3, -0.25) is 4.90 Å². The van der Waals surface area contributed by atoms with Crippen molar-refractivity contribution in [2.45, 2.75) is 19.8 Å². The molecule has 0 saturated heterocycles. The number of rotatable bonds is 6. The van der Waals surface area contributed by atoms with Gasteiger partial charge in [0.25, 0.3) is 0 Å². The van der Waals surface area contributed by atoms with Crippen LogP contribution in [-0.2, 0) is 0 Å². The number of pyridine rings is 1. The molecule has 0 saturated carbocycles. The first-order valence-electron chi connectivity index (χ1n) is 18.9. The number of benzene rings is 8. The van der Waals surface area contributed by atoms with Crippen LogP contribution in [0.5, 0.6) is 0 Å². The third-order valence-electron chi connectivity index (χ3n) is 10.9. The molecule has 1 aliphatic carbocycles. The van der Waals surface area contributed by atoms with Crippen LogP contribution in [0.2, 0.25) is 0 Å². The highest BCUT2D eigenvalue weighted by molar-refractivity contribution is 6.33. The van der Waals surface area contributed by atoms with Crippen LogP contribution < -0.4 is 4.90 Å². The van der Waals surface area contributed by atoms with Gasteiger partial charge in [0.05, 0.1) is 0 Å². The Bertz CT molecular complexity index is 2930. The van der Waals surface area contributed by atoms with E-state index >= 15 is 0 Å². The molecule has 0 fully saturated rings. The van der Waals surface area contributed by atoms with E-state index in [1.54, 1.807) is 0 Å². The number of nitrogens with zero attached hydrogens (tertiary/aromatic N) is 2. The maximum atomic E-state index is 5.06. The Morgan fingerprint density at radius 3 is 1.98 bits per heavy atom. The van der Waals surface area contributed by atoms with Crippen molar-refractivity contribution in [3.8, 4) is 22.3 Å². The number of fused-ring (bicyclic) bond motifs is 7. The van der Waals surface area contributed by atoms with Crippen LogP contribution in [0.1, 0.15) is 24.0 Å². The Balaban J connectivity index is 1.37. The van der Waals surface area contributed by atoms with E-state index < -0.39 is 0 Å². The molecule has 0 bridgehead atoms. The largest absolute Gasteiger partial charge is 0.295 e. The van der Waals surface area contributed by atoms with Crippen molar-refractivity contribution in [1.29, 1.82) is 0 Å². The number of hydrogen-bond donors (Lipinski definition) is 0. The van der Waals surface area contributed by atoms with Gasteiger partial charge in [-0.15, -0.1) is 0 Å². The van der Waals surface area contributed by atoms with Crippen molar-refractivity contribution < 1.29 is 0 Å². The molecule has 10 rings (SSSR count). The quantitative estimate of drug-likeness (QED) is 0.161. The van der Waals surface area contributed by atoms with Gasteiger partial charge in [0, 0.05) is 23.0 Å². The number of aromatic nitrogens is 1. The van der Waals surface area contributed by atoms with Crippen molar-refractivity contribution in [2.75, 3.05) is 4.90 Å². The zero-order chi connectivity index (χ0) is 36.0. The Kier molecular flexibility index (Phi) is 7.88. The monoisotopic (exact) mass is 690 g/mol. The molecular formula is C52H38N2. The molecule has 0 N–H and O–H groups in total. The predicted octanol–water partition coefficient (Wildman–Crippen LogP) is 14.5. The summed E-state index contributed by atoms with van der Waals surface area (Å²) in [6.07, 6.45) is 11.1. The highest BCUT2D eigenvalue weighted by Gasteiger charge is 2.24. The average Bonchev–Trinajstić information content (AvgIpc) is 3.24. The summed E-state index contributed by atoms with van der Waals surface area (Å²) >= 11 is 0. The van der Waals surface area contributed by atoms with Crippen LogP contribution in [-0.4, -0.2) is 4.98 Å². The average molecular weight is 691 g/mol. The van der Waals surface area contributed by atoms with Crippen molar-refractivity contribution in [3.63, 3.8) is 0 Å². The molecule has 0 spiro atoms. The fourth-order valence-electron chi connectivity index (χ4n) is 8.51.